The molecule has 0 aromatic carbocycles. The molecule has 0 unspecified atom stereocenters. The molecule has 0 aromatic rings. The molecule has 0 saturated heterocycles. The molecular formula is C22H60O13Si4. The SMILES string of the molecule is CCO[Si](C)(OCC)OCC.CCO[Si](C)(OCC)OCC.CO[Si](C)(OC)OC.CO[Si](CO)(OC)OC. The van der Waals surface area contributed by atoms with Crippen molar-refractivity contribution in [2.45, 2.75) is 61.2 Å². The topological polar surface area (TPSA) is 131 Å². The highest BCUT2D eigenvalue weighted by molar-refractivity contribution is 6.60. The van der Waals surface area contributed by atoms with Crippen LogP contribution in [0.25, 0.3) is 0 Å². The van der Waals surface area contributed by atoms with E-state index in [1.807, 2.05) is 61.2 Å². The molecule has 0 atom stereocenters. The second-order valence-corrected chi connectivity index (χ2v) is 18.3. The van der Waals surface area contributed by atoms with Crippen molar-refractivity contribution in [1.29, 1.82) is 0 Å². The van der Waals surface area contributed by atoms with Crippen LogP contribution in [0.15, 0.2) is 0 Å². The fourth-order valence-corrected chi connectivity index (χ4v) is 7.55. The second-order valence-electron chi connectivity index (χ2n) is 7.25. The maximum Gasteiger partial charge on any atom is 0.527 e. The lowest BCUT2D eigenvalue weighted by Crippen LogP contribution is -2.47. The minimum absolute atomic E-state index is 0.184. The summed E-state index contributed by atoms with van der Waals surface area (Å²) in [5.74, 6) is 0. The van der Waals surface area contributed by atoms with E-state index in [1.54, 1.807) is 21.3 Å². The predicted octanol–water partition coefficient (Wildman–Crippen LogP) is 3.22. The summed E-state index contributed by atoms with van der Waals surface area (Å²) in [6.45, 7) is 21.3. The number of hydrogen-bond acceptors (Lipinski definition) is 13. The Kier molecular flexibility index (Phi) is 33.8. The van der Waals surface area contributed by atoms with Gasteiger partial charge in [-0.3, -0.25) is 0 Å². The fraction of sp³-hybridized carbons (Fsp3) is 1.00. The lowest BCUT2D eigenvalue weighted by Gasteiger charge is -2.23. The first-order valence-corrected chi connectivity index (χ1v) is 21.6. The van der Waals surface area contributed by atoms with Gasteiger partial charge in [0.05, 0.1) is 0 Å². The predicted molar refractivity (Wildman–Crippen MR) is 160 cm³/mol. The smallest absolute Gasteiger partial charge is 0.392 e. The van der Waals surface area contributed by atoms with E-state index in [9.17, 15) is 0 Å². The average Bonchev–Trinajstić information content (AvgIpc) is 2.92. The normalized spacial score (nSPS) is 12.0. The van der Waals surface area contributed by atoms with Gasteiger partial charge in [-0.15, -0.1) is 0 Å². The van der Waals surface area contributed by atoms with E-state index in [0.717, 1.165) is 0 Å². The van der Waals surface area contributed by atoms with Crippen LogP contribution in [-0.2, 0) is 53.1 Å². The van der Waals surface area contributed by atoms with Crippen LogP contribution in [0.4, 0.5) is 0 Å². The lowest BCUT2D eigenvalue weighted by molar-refractivity contribution is 0.0774. The van der Waals surface area contributed by atoms with E-state index in [0.29, 0.717) is 39.6 Å². The molecule has 0 heterocycles. The highest BCUT2D eigenvalue weighted by Crippen LogP contribution is 2.09. The largest absolute Gasteiger partial charge is 0.527 e. The van der Waals surface area contributed by atoms with Crippen molar-refractivity contribution >= 4 is 35.2 Å². The molecule has 0 bridgehead atoms. The first kappa shape index (κ1) is 46.3. The van der Waals surface area contributed by atoms with Gasteiger partial charge in [0.2, 0.25) is 0 Å². The highest BCUT2D eigenvalue weighted by atomic mass is 28.4. The van der Waals surface area contributed by atoms with Crippen molar-refractivity contribution in [2.24, 2.45) is 0 Å². The number of aliphatic hydroxyl groups is 1. The van der Waals surface area contributed by atoms with E-state index in [1.165, 1.54) is 21.3 Å². The van der Waals surface area contributed by atoms with Gasteiger partial charge in [-0.05, 0) is 41.5 Å². The second kappa shape index (κ2) is 28.5. The standard InChI is InChI=1S/2C7H18O3Si.C4H12O4Si.C4H12O3Si/c2*1-5-8-11(4,9-6-2)10-7-3;1-6-9(4-5,7-2)8-3;1-5-8(4,6-2)7-3/h2*5-7H2,1-4H3;5H,4H2,1-3H3;1-4H3. The molecule has 0 fully saturated rings. The first-order valence-electron chi connectivity index (χ1n) is 13.0. The number of aliphatic hydroxyl groups excluding tert-OH is 1. The molecule has 39 heavy (non-hydrogen) atoms. The Morgan fingerprint density at radius 2 is 0.590 bits per heavy atom. The third-order valence-electron chi connectivity index (χ3n) is 4.68. The molecule has 0 rings (SSSR count). The first-order chi connectivity index (χ1) is 18.3. The maximum atomic E-state index is 8.66. The van der Waals surface area contributed by atoms with Crippen molar-refractivity contribution in [3.63, 3.8) is 0 Å². The van der Waals surface area contributed by atoms with Crippen molar-refractivity contribution < 1.29 is 58.2 Å². The number of hydrogen-bond donors (Lipinski definition) is 1. The molecule has 17 heteroatoms. The maximum absolute atomic E-state index is 8.66. The molecule has 1 N–H and O–H groups in total. The molecule has 0 aromatic heterocycles. The van der Waals surface area contributed by atoms with Gasteiger partial charge in [-0.25, -0.2) is 0 Å². The van der Waals surface area contributed by atoms with E-state index in [-0.39, 0.29) is 6.23 Å². The summed E-state index contributed by atoms with van der Waals surface area (Å²) in [6, 6.07) is 0. The Hall–Kier alpha value is 0.348. The van der Waals surface area contributed by atoms with Crippen molar-refractivity contribution in [3.8, 4) is 0 Å². The van der Waals surface area contributed by atoms with Crippen molar-refractivity contribution in [1.82, 2.24) is 0 Å². The van der Waals surface area contributed by atoms with Crippen molar-refractivity contribution in [3.05, 3.63) is 0 Å². The molecule has 0 spiro atoms. The van der Waals surface area contributed by atoms with Gasteiger partial charge < -0.3 is 58.2 Å². The van der Waals surface area contributed by atoms with Gasteiger partial charge in [-0.1, -0.05) is 0 Å². The average molecular weight is 645 g/mol. The molecule has 0 aliphatic rings. The van der Waals surface area contributed by atoms with Crippen LogP contribution < -0.4 is 0 Å². The fourth-order valence-electron chi connectivity index (χ4n) is 2.52. The monoisotopic (exact) mass is 644 g/mol. The zero-order valence-electron chi connectivity index (χ0n) is 27.3. The summed E-state index contributed by atoms with van der Waals surface area (Å²) in [4.78, 5) is 0. The van der Waals surface area contributed by atoms with Crippen LogP contribution in [0, 0.1) is 0 Å². The number of rotatable bonds is 19. The lowest BCUT2D eigenvalue weighted by atomic mass is 10.9. The van der Waals surface area contributed by atoms with Crippen LogP contribution in [-0.4, -0.2) is 129 Å². The van der Waals surface area contributed by atoms with Crippen LogP contribution in [0.3, 0.4) is 0 Å². The van der Waals surface area contributed by atoms with Gasteiger partial charge in [0.15, 0.2) is 0 Å². The van der Waals surface area contributed by atoms with Gasteiger partial charge in [0.1, 0.15) is 6.23 Å². The van der Waals surface area contributed by atoms with Crippen LogP contribution in [0.2, 0.25) is 19.6 Å². The molecule has 0 saturated carbocycles. The van der Waals surface area contributed by atoms with Gasteiger partial charge in [-0.2, -0.15) is 0 Å². The van der Waals surface area contributed by atoms with Gasteiger partial charge in [0.25, 0.3) is 0 Å². The zero-order chi connectivity index (χ0) is 31.4. The summed E-state index contributed by atoms with van der Waals surface area (Å²) in [6.07, 6.45) is -0.184. The quantitative estimate of drug-likeness (QED) is 0.207. The Bertz CT molecular complexity index is 419. The van der Waals surface area contributed by atoms with Gasteiger partial charge in [0, 0.05) is 102 Å². The summed E-state index contributed by atoms with van der Waals surface area (Å²) < 4.78 is 61.7. The molecule has 0 amide bonds. The molecule has 0 aliphatic heterocycles. The Morgan fingerprint density at radius 1 is 0.385 bits per heavy atom. The third kappa shape index (κ3) is 24.6. The summed E-state index contributed by atoms with van der Waals surface area (Å²) in [5, 5.41) is 8.66. The Morgan fingerprint density at radius 3 is 0.641 bits per heavy atom. The Balaban J connectivity index is -0.000000211. The van der Waals surface area contributed by atoms with E-state index in [4.69, 9.17) is 58.2 Å². The highest BCUT2D eigenvalue weighted by Gasteiger charge is 2.37. The van der Waals surface area contributed by atoms with Crippen LogP contribution in [0.5, 0.6) is 0 Å². The van der Waals surface area contributed by atoms with Crippen molar-refractivity contribution in [2.75, 3.05) is 88.5 Å². The van der Waals surface area contributed by atoms with E-state index < -0.39 is 35.2 Å². The summed E-state index contributed by atoms with van der Waals surface area (Å²) in [7, 11) is -0.197. The molecule has 242 valence electrons. The van der Waals surface area contributed by atoms with Crippen LogP contribution >= 0.6 is 0 Å². The van der Waals surface area contributed by atoms with Crippen LogP contribution in [0.1, 0.15) is 41.5 Å². The minimum atomic E-state index is -2.64. The molecule has 13 nitrogen and oxygen atoms in total. The molecular weight excluding hydrogens is 585 g/mol. The minimum Gasteiger partial charge on any atom is -0.392 e. The van der Waals surface area contributed by atoms with Gasteiger partial charge >= 0.3 is 35.2 Å². The molecule has 0 aliphatic carbocycles. The van der Waals surface area contributed by atoms with E-state index >= 15 is 0 Å². The summed E-state index contributed by atoms with van der Waals surface area (Å²) in [5.41, 5.74) is 0. The van der Waals surface area contributed by atoms with E-state index in [2.05, 4.69) is 0 Å². The summed E-state index contributed by atoms with van der Waals surface area (Å²) >= 11 is 0. The zero-order valence-corrected chi connectivity index (χ0v) is 31.3. The third-order valence-corrected chi connectivity index (χ3v) is 14.0. The Labute approximate surface area is 243 Å². The molecule has 0 radical (unpaired) electrons.